The van der Waals surface area contributed by atoms with E-state index < -0.39 is 24.3 Å². The van der Waals surface area contributed by atoms with Crippen LogP contribution < -0.4 is 5.32 Å². The standard InChI is InChI=1S/C16H13ClFNO4/c17-13-7-12(18)5-6-14(13)19-15(21)9-23-16(22)11-3-1-10(8-20)2-4-11/h1-7,20H,8-9H2,(H,19,21). The maximum atomic E-state index is 12.9. The highest BCUT2D eigenvalue weighted by Gasteiger charge is 2.11. The molecule has 2 rings (SSSR count). The topological polar surface area (TPSA) is 75.6 Å². The average Bonchev–Trinajstić information content (AvgIpc) is 2.55. The number of nitrogens with one attached hydrogen (secondary N) is 1. The molecule has 2 aromatic rings. The molecule has 0 aliphatic rings. The van der Waals surface area contributed by atoms with Crippen LogP contribution in [-0.4, -0.2) is 23.6 Å². The second-order valence-electron chi connectivity index (χ2n) is 4.60. The van der Waals surface area contributed by atoms with Gasteiger partial charge in [-0.15, -0.1) is 0 Å². The van der Waals surface area contributed by atoms with Gasteiger partial charge >= 0.3 is 5.97 Å². The minimum Gasteiger partial charge on any atom is -0.452 e. The van der Waals surface area contributed by atoms with Gasteiger partial charge in [-0.2, -0.15) is 0 Å². The van der Waals surface area contributed by atoms with Crippen LogP contribution in [0.1, 0.15) is 15.9 Å². The van der Waals surface area contributed by atoms with Crippen LogP contribution in [0.15, 0.2) is 42.5 Å². The third-order valence-electron chi connectivity index (χ3n) is 2.91. The molecule has 0 aromatic heterocycles. The number of anilines is 1. The summed E-state index contributed by atoms with van der Waals surface area (Å²) in [4.78, 5) is 23.5. The average molecular weight is 338 g/mol. The van der Waals surface area contributed by atoms with Crippen molar-refractivity contribution in [2.45, 2.75) is 6.61 Å². The Kier molecular flexibility index (Phi) is 5.67. The number of ether oxygens (including phenoxy) is 1. The van der Waals surface area contributed by atoms with Crippen molar-refractivity contribution in [1.82, 2.24) is 0 Å². The molecule has 1 amide bonds. The molecule has 0 aliphatic carbocycles. The Morgan fingerprint density at radius 2 is 1.87 bits per heavy atom. The van der Waals surface area contributed by atoms with Crippen molar-refractivity contribution < 1.29 is 23.8 Å². The first-order valence-electron chi connectivity index (χ1n) is 6.61. The molecule has 0 spiro atoms. The van der Waals surface area contributed by atoms with Gasteiger partial charge in [0.2, 0.25) is 0 Å². The fourth-order valence-electron chi connectivity index (χ4n) is 1.74. The number of amides is 1. The Bertz CT molecular complexity index is 719. The van der Waals surface area contributed by atoms with Crippen LogP contribution in [0.4, 0.5) is 10.1 Å². The van der Waals surface area contributed by atoms with E-state index in [4.69, 9.17) is 21.4 Å². The smallest absolute Gasteiger partial charge is 0.338 e. The number of carbonyl (C=O) groups is 2. The predicted octanol–water partition coefficient (Wildman–Crippen LogP) is 2.77. The largest absolute Gasteiger partial charge is 0.452 e. The van der Waals surface area contributed by atoms with Crippen molar-refractivity contribution in [2.75, 3.05) is 11.9 Å². The lowest BCUT2D eigenvalue weighted by atomic mass is 10.1. The van der Waals surface area contributed by atoms with Crippen LogP contribution in [-0.2, 0) is 16.1 Å². The van der Waals surface area contributed by atoms with Crippen molar-refractivity contribution in [1.29, 1.82) is 0 Å². The van der Waals surface area contributed by atoms with Crippen molar-refractivity contribution in [2.24, 2.45) is 0 Å². The van der Waals surface area contributed by atoms with Crippen LogP contribution in [0, 0.1) is 5.82 Å². The van der Waals surface area contributed by atoms with Crippen LogP contribution in [0.25, 0.3) is 0 Å². The number of carbonyl (C=O) groups excluding carboxylic acids is 2. The van der Waals surface area contributed by atoms with Gasteiger partial charge in [-0.05, 0) is 35.9 Å². The number of benzene rings is 2. The molecule has 0 saturated heterocycles. The molecule has 0 fully saturated rings. The van der Waals surface area contributed by atoms with Gasteiger partial charge in [0.05, 0.1) is 22.9 Å². The van der Waals surface area contributed by atoms with Crippen LogP contribution in [0.2, 0.25) is 5.02 Å². The second kappa shape index (κ2) is 7.71. The Labute approximate surface area is 136 Å². The predicted molar refractivity (Wildman–Crippen MR) is 82.7 cm³/mol. The lowest BCUT2D eigenvalue weighted by molar-refractivity contribution is -0.119. The summed E-state index contributed by atoms with van der Waals surface area (Å²) in [6.45, 7) is -0.634. The van der Waals surface area contributed by atoms with Crippen LogP contribution in [0.5, 0.6) is 0 Å². The summed E-state index contributed by atoms with van der Waals surface area (Å²) in [6.07, 6.45) is 0. The van der Waals surface area contributed by atoms with Gasteiger partial charge in [0.15, 0.2) is 6.61 Å². The highest BCUT2D eigenvalue weighted by atomic mass is 35.5. The highest BCUT2D eigenvalue weighted by molar-refractivity contribution is 6.33. The van der Waals surface area contributed by atoms with E-state index in [9.17, 15) is 14.0 Å². The van der Waals surface area contributed by atoms with Gasteiger partial charge in [0, 0.05) is 0 Å². The molecule has 120 valence electrons. The second-order valence-corrected chi connectivity index (χ2v) is 5.01. The number of halogens is 2. The number of rotatable bonds is 5. The minimum atomic E-state index is -0.671. The summed E-state index contributed by atoms with van der Waals surface area (Å²) in [7, 11) is 0. The molecule has 0 unspecified atom stereocenters. The fraction of sp³-hybridized carbons (Fsp3) is 0.125. The summed E-state index contributed by atoms with van der Waals surface area (Å²) in [5, 5.41) is 11.4. The summed E-state index contributed by atoms with van der Waals surface area (Å²) in [6, 6.07) is 9.66. The summed E-state index contributed by atoms with van der Waals surface area (Å²) in [5.41, 5.74) is 1.14. The molecule has 0 bridgehead atoms. The Hall–Kier alpha value is -2.44. The first kappa shape index (κ1) is 16.9. The van der Waals surface area contributed by atoms with Gasteiger partial charge in [-0.1, -0.05) is 23.7 Å². The lowest BCUT2D eigenvalue weighted by Gasteiger charge is -2.08. The van der Waals surface area contributed by atoms with E-state index in [2.05, 4.69) is 5.32 Å². The van der Waals surface area contributed by atoms with Gasteiger partial charge < -0.3 is 15.2 Å². The van der Waals surface area contributed by atoms with E-state index in [1.807, 2.05) is 0 Å². The molecule has 2 aromatic carbocycles. The quantitative estimate of drug-likeness (QED) is 0.823. The van der Waals surface area contributed by atoms with Gasteiger partial charge in [0.1, 0.15) is 5.82 Å². The Morgan fingerprint density at radius 3 is 2.48 bits per heavy atom. The van der Waals surface area contributed by atoms with Crippen LogP contribution in [0.3, 0.4) is 0 Å². The van der Waals surface area contributed by atoms with Crippen LogP contribution >= 0.6 is 11.6 Å². The molecule has 0 aliphatic heterocycles. The number of aliphatic hydroxyl groups excluding tert-OH is 1. The van der Waals surface area contributed by atoms with Gasteiger partial charge in [-0.3, -0.25) is 4.79 Å². The molecule has 0 heterocycles. The SMILES string of the molecule is O=C(COC(=O)c1ccc(CO)cc1)Nc1ccc(F)cc1Cl. The van der Waals surface area contributed by atoms with Crippen molar-refractivity contribution >= 4 is 29.2 Å². The number of hydrogen-bond donors (Lipinski definition) is 2. The fourth-order valence-corrected chi connectivity index (χ4v) is 1.95. The highest BCUT2D eigenvalue weighted by Crippen LogP contribution is 2.22. The molecular weight excluding hydrogens is 325 g/mol. The monoisotopic (exact) mass is 337 g/mol. The van der Waals surface area contributed by atoms with E-state index >= 15 is 0 Å². The third kappa shape index (κ3) is 4.77. The molecule has 0 saturated carbocycles. The zero-order valence-electron chi connectivity index (χ0n) is 11.9. The normalized spacial score (nSPS) is 10.2. The number of hydrogen-bond acceptors (Lipinski definition) is 4. The maximum Gasteiger partial charge on any atom is 0.338 e. The molecule has 2 N–H and O–H groups in total. The van der Waals surface area contributed by atoms with Crippen molar-refractivity contribution in [3.63, 3.8) is 0 Å². The van der Waals surface area contributed by atoms with Crippen molar-refractivity contribution in [3.8, 4) is 0 Å². The van der Waals surface area contributed by atoms with E-state index in [0.717, 1.165) is 12.1 Å². The van der Waals surface area contributed by atoms with E-state index in [-0.39, 0.29) is 22.9 Å². The molecule has 7 heteroatoms. The Morgan fingerprint density at radius 1 is 1.17 bits per heavy atom. The Balaban J connectivity index is 1.89. The zero-order valence-corrected chi connectivity index (χ0v) is 12.6. The zero-order chi connectivity index (χ0) is 16.8. The van der Waals surface area contributed by atoms with E-state index in [1.54, 1.807) is 12.1 Å². The third-order valence-corrected chi connectivity index (χ3v) is 3.22. The lowest BCUT2D eigenvalue weighted by Crippen LogP contribution is -2.21. The maximum absolute atomic E-state index is 12.9. The molecule has 23 heavy (non-hydrogen) atoms. The molecule has 0 atom stereocenters. The summed E-state index contributed by atoms with van der Waals surface area (Å²) in [5.74, 6) is -1.79. The minimum absolute atomic E-state index is 0.0456. The molecule has 0 radical (unpaired) electrons. The molecular formula is C16H13ClFNO4. The molecule has 5 nitrogen and oxygen atoms in total. The van der Waals surface area contributed by atoms with Gasteiger partial charge in [-0.25, -0.2) is 9.18 Å². The number of esters is 1. The van der Waals surface area contributed by atoms with Crippen molar-refractivity contribution in [3.05, 3.63) is 64.4 Å². The first-order valence-corrected chi connectivity index (χ1v) is 6.99. The van der Waals surface area contributed by atoms with E-state index in [0.29, 0.717) is 5.56 Å². The summed E-state index contributed by atoms with van der Waals surface area (Å²) < 4.78 is 17.8. The first-order chi connectivity index (χ1) is 11.0. The summed E-state index contributed by atoms with van der Waals surface area (Å²) >= 11 is 5.78. The van der Waals surface area contributed by atoms with E-state index in [1.165, 1.54) is 18.2 Å². The number of aliphatic hydroxyl groups is 1. The van der Waals surface area contributed by atoms with Gasteiger partial charge in [0.25, 0.3) is 5.91 Å².